The van der Waals surface area contributed by atoms with Gasteiger partial charge < -0.3 is 14.7 Å². The van der Waals surface area contributed by atoms with Crippen LogP contribution in [0.2, 0.25) is 0 Å². The van der Waals surface area contributed by atoms with E-state index < -0.39 is 0 Å². The Balaban J connectivity index is 2.50. The minimum absolute atomic E-state index is 0.0371. The topological polar surface area (TPSA) is 32.7 Å². The smallest absolute Gasteiger partial charge is 0.121 e. The van der Waals surface area contributed by atoms with Crippen LogP contribution in [0.5, 0.6) is 5.75 Å². The number of ether oxygens (including phenoxy) is 1. The van der Waals surface area contributed by atoms with Crippen molar-refractivity contribution in [1.82, 2.24) is 4.90 Å². The first-order valence-corrected chi connectivity index (χ1v) is 6.81. The average Bonchev–Trinajstić information content (AvgIpc) is 2.36. The number of hydrogen-bond acceptors (Lipinski definition) is 3. The molecule has 1 aromatic carbocycles. The predicted molar refractivity (Wildman–Crippen MR) is 79.8 cm³/mol. The van der Waals surface area contributed by atoms with E-state index in [1.807, 2.05) is 6.07 Å². The number of hydrogen-bond donors (Lipinski definition) is 1. The van der Waals surface area contributed by atoms with Crippen molar-refractivity contribution in [1.29, 1.82) is 0 Å². The molecular formula is C16H27NO2. The molecule has 1 N–H and O–H groups in total. The summed E-state index contributed by atoms with van der Waals surface area (Å²) in [6.07, 6.45) is 1.02. The maximum Gasteiger partial charge on any atom is 0.121 e. The lowest BCUT2D eigenvalue weighted by atomic mass is 9.94. The molecule has 0 atom stereocenters. The van der Waals surface area contributed by atoms with Crippen molar-refractivity contribution in [3.05, 3.63) is 29.3 Å². The van der Waals surface area contributed by atoms with Crippen molar-refractivity contribution >= 4 is 0 Å². The summed E-state index contributed by atoms with van der Waals surface area (Å²) >= 11 is 0. The fraction of sp³-hybridized carbons (Fsp3) is 0.625. The van der Waals surface area contributed by atoms with E-state index in [0.717, 1.165) is 25.3 Å². The van der Waals surface area contributed by atoms with Gasteiger partial charge in [0, 0.05) is 25.1 Å². The molecule has 1 rings (SSSR count). The molecule has 108 valence electrons. The number of aliphatic hydroxyl groups excluding tert-OH is 1. The quantitative estimate of drug-likeness (QED) is 0.822. The van der Waals surface area contributed by atoms with E-state index in [0.29, 0.717) is 0 Å². The van der Waals surface area contributed by atoms with Crippen LogP contribution in [0.15, 0.2) is 18.2 Å². The highest BCUT2D eigenvalue weighted by Crippen LogP contribution is 2.19. The lowest BCUT2D eigenvalue weighted by Crippen LogP contribution is -2.35. The van der Waals surface area contributed by atoms with Crippen LogP contribution < -0.4 is 4.74 Å². The second-order valence-electron chi connectivity index (χ2n) is 6.11. The van der Waals surface area contributed by atoms with Crippen LogP contribution in [-0.2, 0) is 6.42 Å². The minimum atomic E-state index is -0.0371. The van der Waals surface area contributed by atoms with Gasteiger partial charge in [-0.2, -0.15) is 0 Å². The fourth-order valence-electron chi connectivity index (χ4n) is 2.28. The summed E-state index contributed by atoms with van der Waals surface area (Å²) in [4.78, 5) is 2.27. The SMILES string of the molecule is COc1ccc(CCN(C)CC(C)(C)CO)cc1C. The van der Waals surface area contributed by atoms with E-state index >= 15 is 0 Å². The Morgan fingerprint density at radius 2 is 2.00 bits per heavy atom. The molecule has 0 saturated carbocycles. The molecule has 0 radical (unpaired) electrons. The molecule has 0 aliphatic heterocycles. The summed E-state index contributed by atoms with van der Waals surface area (Å²) in [5.41, 5.74) is 2.47. The Morgan fingerprint density at radius 3 is 2.53 bits per heavy atom. The van der Waals surface area contributed by atoms with Gasteiger partial charge in [0.2, 0.25) is 0 Å². The number of aryl methyl sites for hydroxylation is 1. The predicted octanol–water partition coefficient (Wildman–Crippen LogP) is 2.50. The molecular weight excluding hydrogens is 238 g/mol. The molecule has 0 bridgehead atoms. The van der Waals surface area contributed by atoms with Crippen molar-refractivity contribution in [2.24, 2.45) is 5.41 Å². The standard InChI is InChI=1S/C16H27NO2/c1-13-10-14(6-7-15(13)19-5)8-9-17(4)11-16(2,3)12-18/h6-7,10,18H,8-9,11-12H2,1-5H3. The molecule has 0 spiro atoms. The van der Waals surface area contributed by atoms with Crippen LogP contribution in [-0.4, -0.2) is 43.9 Å². The number of aliphatic hydroxyl groups is 1. The first kappa shape index (κ1) is 16.0. The summed E-state index contributed by atoms with van der Waals surface area (Å²) in [6, 6.07) is 6.34. The van der Waals surface area contributed by atoms with Gasteiger partial charge in [-0.15, -0.1) is 0 Å². The van der Waals surface area contributed by atoms with Crippen LogP contribution >= 0.6 is 0 Å². The summed E-state index contributed by atoms with van der Waals surface area (Å²) in [7, 11) is 3.81. The summed E-state index contributed by atoms with van der Waals surface area (Å²) in [5, 5.41) is 9.28. The maximum absolute atomic E-state index is 9.28. The largest absolute Gasteiger partial charge is 0.496 e. The number of likely N-dealkylation sites (N-methyl/N-ethyl adjacent to an activating group) is 1. The Kier molecular flexibility index (Phi) is 5.83. The number of methoxy groups -OCH3 is 1. The number of benzene rings is 1. The molecule has 19 heavy (non-hydrogen) atoms. The van der Waals surface area contributed by atoms with Crippen LogP contribution in [0.1, 0.15) is 25.0 Å². The van der Waals surface area contributed by atoms with Gasteiger partial charge in [-0.25, -0.2) is 0 Å². The van der Waals surface area contributed by atoms with Gasteiger partial charge in [0.25, 0.3) is 0 Å². The monoisotopic (exact) mass is 265 g/mol. The van der Waals surface area contributed by atoms with Gasteiger partial charge in [-0.05, 0) is 37.6 Å². The Morgan fingerprint density at radius 1 is 1.32 bits per heavy atom. The third-order valence-corrected chi connectivity index (χ3v) is 3.37. The summed E-state index contributed by atoms with van der Waals surface area (Å²) < 4.78 is 5.27. The zero-order valence-electron chi connectivity index (χ0n) is 12.9. The lowest BCUT2D eigenvalue weighted by molar-refractivity contribution is 0.116. The van der Waals surface area contributed by atoms with Gasteiger partial charge >= 0.3 is 0 Å². The fourth-order valence-corrected chi connectivity index (χ4v) is 2.28. The lowest BCUT2D eigenvalue weighted by Gasteiger charge is -2.28. The number of rotatable bonds is 7. The highest BCUT2D eigenvalue weighted by atomic mass is 16.5. The average molecular weight is 265 g/mol. The third-order valence-electron chi connectivity index (χ3n) is 3.37. The first-order chi connectivity index (χ1) is 8.88. The van der Waals surface area contributed by atoms with Crippen LogP contribution in [0.3, 0.4) is 0 Å². The van der Waals surface area contributed by atoms with E-state index in [2.05, 4.69) is 44.9 Å². The minimum Gasteiger partial charge on any atom is -0.496 e. The Hall–Kier alpha value is -1.06. The normalized spacial score (nSPS) is 11.9. The van der Waals surface area contributed by atoms with Gasteiger partial charge in [0.05, 0.1) is 7.11 Å². The molecule has 1 aromatic rings. The van der Waals surface area contributed by atoms with E-state index in [4.69, 9.17) is 4.74 Å². The molecule has 3 heteroatoms. The molecule has 0 aliphatic carbocycles. The van der Waals surface area contributed by atoms with E-state index in [1.165, 1.54) is 11.1 Å². The van der Waals surface area contributed by atoms with Crippen molar-refractivity contribution in [3.63, 3.8) is 0 Å². The zero-order valence-corrected chi connectivity index (χ0v) is 12.9. The van der Waals surface area contributed by atoms with Crippen molar-refractivity contribution in [2.75, 3.05) is 33.9 Å². The van der Waals surface area contributed by atoms with E-state index in [-0.39, 0.29) is 12.0 Å². The summed E-state index contributed by atoms with van der Waals surface area (Å²) in [6.45, 7) is 8.36. The van der Waals surface area contributed by atoms with Crippen LogP contribution in [0, 0.1) is 12.3 Å². The molecule has 0 unspecified atom stereocenters. The van der Waals surface area contributed by atoms with E-state index in [9.17, 15) is 5.11 Å². The van der Waals surface area contributed by atoms with Gasteiger partial charge in [0.1, 0.15) is 5.75 Å². The second kappa shape index (κ2) is 6.92. The third kappa shape index (κ3) is 5.21. The first-order valence-electron chi connectivity index (χ1n) is 6.81. The zero-order chi connectivity index (χ0) is 14.5. The molecule has 3 nitrogen and oxygen atoms in total. The summed E-state index contributed by atoms with van der Waals surface area (Å²) in [5.74, 6) is 0.943. The highest BCUT2D eigenvalue weighted by Gasteiger charge is 2.18. The second-order valence-corrected chi connectivity index (χ2v) is 6.11. The van der Waals surface area contributed by atoms with Gasteiger partial charge in [-0.1, -0.05) is 26.0 Å². The molecule has 0 aliphatic rings. The molecule has 0 aromatic heterocycles. The van der Waals surface area contributed by atoms with Crippen molar-refractivity contribution < 1.29 is 9.84 Å². The maximum atomic E-state index is 9.28. The Bertz CT molecular complexity index is 402. The van der Waals surface area contributed by atoms with Gasteiger partial charge in [-0.3, -0.25) is 0 Å². The van der Waals surface area contributed by atoms with Crippen LogP contribution in [0.4, 0.5) is 0 Å². The van der Waals surface area contributed by atoms with E-state index in [1.54, 1.807) is 7.11 Å². The van der Waals surface area contributed by atoms with Crippen LogP contribution in [0.25, 0.3) is 0 Å². The molecule has 0 heterocycles. The molecule has 0 fully saturated rings. The highest BCUT2D eigenvalue weighted by molar-refractivity contribution is 5.36. The van der Waals surface area contributed by atoms with Gasteiger partial charge in [0.15, 0.2) is 0 Å². The molecule has 0 saturated heterocycles. The molecule has 0 amide bonds. The van der Waals surface area contributed by atoms with Crippen molar-refractivity contribution in [2.45, 2.75) is 27.2 Å². The Labute approximate surface area is 117 Å². The number of nitrogens with zero attached hydrogens (tertiary/aromatic N) is 1. The van der Waals surface area contributed by atoms with Crippen molar-refractivity contribution in [3.8, 4) is 5.75 Å².